The fourth-order valence-electron chi connectivity index (χ4n) is 16.9. The van der Waals surface area contributed by atoms with Crippen LogP contribution in [0.3, 0.4) is 0 Å². The predicted molar refractivity (Wildman–Crippen MR) is 342 cm³/mol. The molecular formula is C79H110. The summed E-state index contributed by atoms with van der Waals surface area (Å²) in [6, 6.07) is 35.0. The van der Waals surface area contributed by atoms with E-state index in [1.807, 2.05) is 0 Å². The Morgan fingerprint density at radius 2 is 0.494 bits per heavy atom. The molecule has 0 heteroatoms. The summed E-state index contributed by atoms with van der Waals surface area (Å²) in [6.45, 7) is 35.1. The van der Waals surface area contributed by atoms with Crippen molar-refractivity contribution in [1.82, 2.24) is 0 Å². The third-order valence-corrected chi connectivity index (χ3v) is 21.9. The molecule has 5 aromatic rings. The van der Waals surface area contributed by atoms with Crippen molar-refractivity contribution in [3.05, 3.63) is 174 Å². The van der Waals surface area contributed by atoms with E-state index in [4.69, 9.17) is 0 Å². The molecule has 0 saturated heterocycles. The van der Waals surface area contributed by atoms with Gasteiger partial charge in [-0.15, -0.1) is 0 Å². The van der Waals surface area contributed by atoms with Gasteiger partial charge < -0.3 is 0 Å². The number of hydrogen-bond acceptors (Lipinski definition) is 0. The van der Waals surface area contributed by atoms with E-state index in [2.05, 4.69) is 195 Å². The molecule has 0 amide bonds. The van der Waals surface area contributed by atoms with Crippen LogP contribution in [0.1, 0.15) is 309 Å². The largest absolute Gasteiger partial charge is 0.0617 e. The van der Waals surface area contributed by atoms with Crippen molar-refractivity contribution in [2.45, 2.75) is 313 Å². The van der Waals surface area contributed by atoms with Gasteiger partial charge in [0.15, 0.2) is 0 Å². The zero-order valence-electron chi connectivity index (χ0n) is 53.3. The average Bonchev–Trinajstić information content (AvgIpc) is 4.43. The SMILES string of the molecule is CC(C)(C)c1cccc2c1CCC21CC1.CC(C)(C)c1cccc2c1CCC21CCC1.CC(C)(C)c1cccc2c1CCCC21CC1.CC(C)(C)c1cccc2c1CCCC21CCC1.CC(C)(C)c1cccc2c1CCCCC2. The lowest BCUT2D eigenvalue weighted by molar-refractivity contribution is 0.208. The molecule has 0 nitrogen and oxygen atoms in total. The highest BCUT2D eigenvalue weighted by Gasteiger charge is 2.50. The van der Waals surface area contributed by atoms with Crippen LogP contribution in [0.5, 0.6) is 0 Å². The predicted octanol–water partition coefficient (Wildman–Crippen LogP) is 21.7. The van der Waals surface area contributed by atoms with Crippen LogP contribution in [0.4, 0.5) is 0 Å². The Kier molecular flexibility index (Phi) is 16.0. The summed E-state index contributed by atoms with van der Waals surface area (Å²) in [5, 5.41) is 0. The average molecular weight is 1060 g/mol. The molecule has 4 fully saturated rings. The second-order valence-corrected chi connectivity index (χ2v) is 32.6. The highest BCUT2D eigenvalue weighted by atomic mass is 14.5. The molecule has 4 spiro atoms. The topological polar surface area (TPSA) is 0 Å². The minimum Gasteiger partial charge on any atom is -0.0617 e. The van der Waals surface area contributed by atoms with Crippen LogP contribution in [-0.4, -0.2) is 0 Å². The van der Waals surface area contributed by atoms with Crippen molar-refractivity contribution in [2.24, 2.45) is 0 Å². The monoisotopic (exact) mass is 1060 g/mol. The Bertz CT molecular complexity index is 2930. The Morgan fingerprint density at radius 1 is 0.228 bits per heavy atom. The standard InChI is InChI=1S/C17H24.2C16H22.C15H20.C15H22/c1-16(2,3)14-8-4-9-15-13(14)7-5-10-17(15)11-6-12-17;1-15(2,3)13-7-4-8-14-12(13)6-5-9-16(14)10-11-16;1-15(2,3)13-6-4-7-14-12(13)8-11-16(14)9-5-10-16;1-14(2,3)12-5-4-6-13-11(12)7-8-15(13)9-10-15;1-15(2,3)14-11-7-9-12-8-5-4-6-10-13(12)14/h4,8-9H,5-7,10-12H2,1-3H3;4,7-8H,5-6,9-11H2,1-3H3;4,6-7H,5,8-11H2,1-3H3;4-6H,7-10H2,1-3H3;7,9,11H,4-6,8,10H2,1-3H3. The molecule has 0 bridgehead atoms. The molecule has 0 heterocycles. The zero-order valence-corrected chi connectivity index (χ0v) is 53.3. The molecule has 426 valence electrons. The first kappa shape index (κ1) is 58.3. The fourth-order valence-corrected chi connectivity index (χ4v) is 16.9. The molecule has 9 aliphatic carbocycles. The Hall–Kier alpha value is -3.90. The Morgan fingerprint density at radius 3 is 0.823 bits per heavy atom. The number of rotatable bonds is 0. The Balaban J connectivity index is 0.000000111. The molecule has 9 aliphatic rings. The highest BCUT2D eigenvalue weighted by molar-refractivity contribution is 5.52. The van der Waals surface area contributed by atoms with Crippen molar-refractivity contribution >= 4 is 0 Å². The minimum atomic E-state index is 0.299. The van der Waals surface area contributed by atoms with Crippen LogP contribution >= 0.6 is 0 Å². The minimum absolute atomic E-state index is 0.299. The zero-order chi connectivity index (χ0) is 56.4. The van der Waals surface area contributed by atoms with Crippen LogP contribution in [0.15, 0.2) is 91.0 Å². The maximum atomic E-state index is 2.42. The summed E-state index contributed by atoms with van der Waals surface area (Å²) in [6.07, 6.45) is 34.9. The number of hydrogen-bond donors (Lipinski definition) is 0. The number of fused-ring (bicyclic) bond motifs is 9. The third kappa shape index (κ3) is 11.9. The molecule has 0 N–H and O–H groups in total. The van der Waals surface area contributed by atoms with Gasteiger partial charge in [0.25, 0.3) is 0 Å². The third-order valence-electron chi connectivity index (χ3n) is 21.9. The normalized spacial score (nSPS) is 21.0. The first-order valence-corrected chi connectivity index (χ1v) is 32.8. The van der Waals surface area contributed by atoms with Crippen molar-refractivity contribution in [3.63, 3.8) is 0 Å². The van der Waals surface area contributed by atoms with Gasteiger partial charge >= 0.3 is 0 Å². The van der Waals surface area contributed by atoms with Gasteiger partial charge in [-0.2, -0.15) is 0 Å². The Labute approximate surface area is 485 Å². The molecule has 0 aromatic heterocycles. The summed E-state index contributed by atoms with van der Waals surface area (Å²) in [4.78, 5) is 0. The van der Waals surface area contributed by atoms with E-state index in [-0.39, 0.29) is 0 Å². The van der Waals surface area contributed by atoms with Gasteiger partial charge in [-0.25, -0.2) is 0 Å². The van der Waals surface area contributed by atoms with Gasteiger partial charge in [-0.05, 0) is 273 Å². The molecule has 5 aromatic carbocycles. The lowest BCUT2D eigenvalue weighted by Gasteiger charge is -2.47. The van der Waals surface area contributed by atoms with Crippen LogP contribution in [-0.2, 0) is 87.3 Å². The lowest BCUT2D eigenvalue weighted by atomic mass is 9.57. The second kappa shape index (κ2) is 21.7. The van der Waals surface area contributed by atoms with Gasteiger partial charge in [-0.3, -0.25) is 0 Å². The number of benzene rings is 5. The summed E-state index contributed by atoms with van der Waals surface area (Å²) < 4.78 is 0. The highest BCUT2D eigenvalue weighted by Crippen LogP contribution is 2.59. The summed E-state index contributed by atoms with van der Waals surface area (Å²) in [7, 11) is 0. The summed E-state index contributed by atoms with van der Waals surface area (Å²) in [5.41, 5.74) is 28.8. The van der Waals surface area contributed by atoms with Crippen molar-refractivity contribution in [2.75, 3.05) is 0 Å². The van der Waals surface area contributed by atoms with Gasteiger partial charge in [0, 0.05) is 0 Å². The molecule has 79 heavy (non-hydrogen) atoms. The van der Waals surface area contributed by atoms with Crippen LogP contribution in [0.25, 0.3) is 0 Å². The first-order chi connectivity index (χ1) is 37.2. The fraction of sp³-hybridized carbons (Fsp3) is 0.620. The van der Waals surface area contributed by atoms with Crippen LogP contribution in [0.2, 0.25) is 0 Å². The smallest absolute Gasteiger partial charge is 0.00403 e. The molecule has 0 radical (unpaired) electrons. The van der Waals surface area contributed by atoms with Gasteiger partial charge in [0.1, 0.15) is 0 Å². The van der Waals surface area contributed by atoms with E-state index in [9.17, 15) is 0 Å². The van der Waals surface area contributed by atoms with Gasteiger partial charge in [0.2, 0.25) is 0 Å². The van der Waals surface area contributed by atoms with Crippen molar-refractivity contribution in [1.29, 1.82) is 0 Å². The molecule has 0 unspecified atom stereocenters. The van der Waals surface area contributed by atoms with E-state index < -0.39 is 0 Å². The summed E-state index contributed by atoms with van der Waals surface area (Å²) >= 11 is 0. The van der Waals surface area contributed by atoms with E-state index in [1.165, 1.54) is 161 Å². The van der Waals surface area contributed by atoms with E-state index >= 15 is 0 Å². The van der Waals surface area contributed by atoms with Crippen LogP contribution < -0.4 is 0 Å². The maximum Gasteiger partial charge on any atom is -0.00403 e. The first-order valence-electron chi connectivity index (χ1n) is 32.8. The quantitative estimate of drug-likeness (QED) is 0.136. The summed E-state index contributed by atoms with van der Waals surface area (Å²) in [5.74, 6) is 0. The molecular weight excluding hydrogens is 949 g/mol. The van der Waals surface area contributed by atoms with Crippen molar-refractivity contribution in [3.8, 4) is 0 Å². The van der Waals surface area contributed by atoms with Crippen LogP contribution in [0, 0.1) is 0 Å². The van der Waals surface area contributed by atoms with Gasteiger partial charge in [-0.1, -0.05) is 214 Å². The lowest BCUT2D eigenvalue weighted by Crippen LogP contribution is -2.38. The van der Waals surface area contributed by atoms with E-state index in [0.717, 1.165) is 0 Å². The maximum absolute atomic E-state index is 2.42. The molecule has 0 atom stereocenters. The van der Waals surface area contributed by atoms with E-state index in [0.29, 0.717) is 48.7 Å². The second-order valence-electron chi connectivity index (χ2n) is 32.6. The van der Waals surface area contributed by atoms with Gasteiger partial charge in [0.05, 0.1) is 0 Å². The van der Waals surface area contributed by atoms with E-state index in [1.54, 1.807) is 83.5 Å². The molecule has 4 saturated carbocycles. The molecule has 14 rings (SSSR count). The van der Waals surface area contributed by atoms with Crippen molar-refractivity contribution < 1.29 is 0 Å². The number of aryl methyl sites for hydroxylation is 1. The molecule has 0 aliphatic heterocycles.